The van der Waals surface area contributed by atoms with Crippen LogP contribution in [0.1, 0.15) is 23.2 Å². The lowest BCUT2D eigenvalue weighted by atomic mass is 10.2. The van der Waals surface area contributed by atoms with E-state index in [0.29, 0.717) is 38.6 Å². The third kappa shape index (κ3) is 3.81. The summed E-state index contributed by atoms with van der Waals surface area (Å²) in [5.41, 5.74) is 2.01. The minimum atomic E-state index is -0.483. The third-order valence-corrected chi connectivity index (χ3v) is 3.27. The zero-order valence-corrected chi connectivity index (χ0v) is 11.9. The number of amides is 2. The van der Waals surface area contributed by atoms with Crippen molar-refractivity contribution in [1.29, 1.82) is 0 Å². The van der Waals surface area contributed by atoms with E-state index >= 15 is 0 Å². The van der Waals surface area contributed by atoms with Crippen LogP contribution in [0.5, 0.6) is 0 Å². The molecule has 2 rings (SSSR count). The highest BCUT2D eigenvalue weighted by Crippen LogP contribution is 2.15. The zero-order valence-electron chi connectivity index (χ0n) is 11.9. The summed E-state index contributed by atoms with van der Waals surface area (Å²) in [7, 11) is 0. The highest BCUT2D eigenvalue weighted by atomic mass is 16.5. The van der Waals surface area contributed by atoms with Gasteiger partial charge in [0.2, 0.25) is 5.91 Å². The third-order valence-electron chi connectivity index (χ3n) is 3.27. The summed E-state index contributed by atoms with van der Waals surface area (Å²) in [6.45, 7) is 4.42. The van der Waals surface area contributed by atoms with Crippen molar-refractivity contribution in [3.05, 3.63) is 23.7 Å². The number of likely N-dealkylation sites (N-methyl/N-ethyl adjacent to an activating group) is 1. The maximum Gasteiger partial charge on any atom is 0.300 e. The number of nitrogens with two attached hydrogens (primary N) is 1. The summed E-state index contributed by atoms with van der Waals surface area (Å²) in [6, 6.07) is 2.91. The predicted octanol–water partition coefficient (Wildman–Crippen LogP) is -0.780. The van der Waals surface area contributed by atoms with Crippen molar-refractivity contribution >= 4 is 11.8 Å². The van der Waals surface area contributed by atoms with Crippen LogP contribution in [-0.4, -0.2) is 49.1 Å². The van der Waals surface area contributed by atoms with E-state index in [4.69, 9.17) is 15.0 Å². The Morgan fingerprint density at radius 1 is 1.48 bits per heavy atom. The second kappa shape index (κ2) is 7.21. The fourth-order valence-corrected chi connectivity index (χ4v) is 2.22. The Labute approximate surface area is 122 Å². The molecule has 1 aliphatic heterocycles. The van der Waals surface area contributed by atoms with Gasteiger partial charge in [-0.25, -0.2) is 5.84 Å². The molecule has 8 heteroatoms. The first-order valence-electron chi connectivity index (χ1n) is 6.84. The maximum atomic E-state index is 12.0. The minimum Gasteiger partial charge on any atom is -0.455 e. The van der Waals surface area contributed by atoms with E-state index in [1.165, 1.54) is 0 Å². The topological polar surface area (TPSA) is 110 Å². The summed E-state index contributed by atoms with van der Waals surface area (Å²) in [5.74, 6) is 5.25. The largest absolute Gasteiger partial charge is 0.455 e. The van der Waals surface area contributed by atoms with Crippen LogP contribution < -0.4 is 16.6 Å². The molecule has 2 heterocycles. The van der Waals surface area contributed by atoms with Gasteiger partial charge in [0, 0.05) is 13.1 Å². The number of hydrazine groups is 1. The van der Waals surface area contributed by atoms with Gasteiger partial charge in [-0.1, -0.05) is 0 Å². The van der Waals surface area contributed by atoms with Crippen molar-refractivity contribution < 1.29 is 18.7 Å². The van der Waals surface area contributed by atoms with Gasteiger partial charge in [-0.15, -0.1) is 0 Å². The number of morpholine rings is 1. The van der Waals surface area contributed by atoms with Gasteiger partial charge in [0.15, 0.2) is 5.76 Å². The second-order valence-electron chi connectivity index (χ2n) is 4.70. The molecule has 4 N–H and O–H groups in total. The Balaban J connectivity index is 2.03. The second-order valence-corrected chi connectivity index (χ2v) is 4.70. The average Bonchev–Trinajstić information content (AvgIpc) is 2.96. The van der Waals surface area contributed by atoms with E-state index in [9.17, 15) is 9.59 Å². The summed E-state index contributed by atoms with van der Waals surface area (Å²) in [4.78, 5) is 25.3. The highest BCUT2D eigenvalue weighted by molar-refractivity contribution is 5.90. The molecule has 0 spiro atoms. The van der Waals surface area contributed by atoms with Crippen molar-refractivity contribution in [2.45, 2.75) is 19.5 Å². The molecule has 2 amide bonds. The van der Waals surface area contributed by atoms with Gasteiger partial charge in [0.25, 0.3) is 0 Å². The van der Waals surface area contributed by atoms with E-state index < -0.39 is 5.91 Å². The van der Waals surface area contributed by atoms with Gasteiger partial charge in [-0.2, -0.15) is 0 Å². The zero-order chi connectivity index (χ0) is 15.2. The first-order chi connectivity index (χ1) is 10.2. The SMILES string of the molecule is CCNC(=O)C1COCCN1Cc1ccc(C(=O)NN)o1. The molecule has 0 bridgehead atoms. The van der Waals surface area contributed by atoms with Gasteiger partial charge >= 0.3 is 5.91 Å². The monoisotopic (exact) mass is 296 g/mol. The molecule has 1 saturated heterocycles. The number of carbonyl (C=O) groups is 2. The van der Waals surface area contributed by atoms with Crippen LogP contribution in [0.2, 0.25) is 0 Å². The molecule has 0 radical (unpaired) electrons. The highest BCUT2D eigenvalue weighted by Gasteiger charge is 2.29. The van der Waals surface area contributed by atoms with Crippen LogP contribution in [0.4, 0.5) is 0 Å². The number of ether oxygens (including phenoxy) is 1. The van der Waals surface area contributed by atoms with Crippen LogP contribution in [-0.2, 0) is 16.1 Å². The summed E-state index contributed by atoms with van der Waals surface area (Å²) in [6.07, 6.45) is 0. The van der Waals surface area contributed by atoms with E-state index in [2.05, 4.69) is 5.32 Å². The molecule has 1 aromatic rings. The molecular weight excluding hydrogens is 276 g/mol. The van der Waals surface area contributed by atoms with Gasteiger partial charge in [0.1, 0.15) is 11.8 Å². The molecule has 1 unspecified atom stereocenters. The average molecular weight is 296 g/mol. The Morgan fingerprint density at radius 3 is 3.00 bits per heavy atom. The Hall–Kier alpha value is -1.90. The normalized spacial score (nSPS) is 19.2. The van der Waals surface area contributed by atoms with Gasteiger partial charge in [-0.05, 0) is 19.1 Å². The first kappa shape index (κ1) is 15.5. The van der Waals surface area contributed by atoms with Gasteiger partial charge in [0.05, 0.1) is 19.8 Å². The number of hydrogen-bond donors (Lipinski definition) is 3. The number of nitrogen functional groups attached to an aromatic ring is 1. The van der Waals surface area contributed by atoms with Crippen LogP contribution >= 0.6 is 0 Å². The molecule has 0 aliphatic carbocycles. The van der Waals surface area contributed by atoms with Crippen molar-refractivity contribution in [3.63, 3.8) is 0 Å². The van der Waals surface area contributed by atoms with Crippen LogP contribution in [0, 0.1) is 0 Å². The molecule has 21 heavy (non-hydrogen) atoms. The Bertz CT molecular complexity index is 502. The molecule has 0 saturated carbocycles. The van der Waals surface area contributed by atoms with Crippen molar-refractivity contribution in [2.24, 2.45) is 5.84 Å². The number of carbonyl (C=O) groups excluding carboxylic acids is 2. The van der Waals surface area contributed by atoms with Crippen LogP contribution in [0.25, 0.3) is 0 Å². The molecule has 1 fully saturated rings. The van der Waals surface area contributed by atoms with Gasteiger partial charge in [-0.3, -0.25) is 19.9 Å². The summed E-state index contributed by atoms with van der Waals surface area (Å²) >= 11 is 0. The van der Waals surface area contributed by atoms with Crippen LogP contribution in [0.3, 0.4) is 0 Å². The minimum absolute atomic E-state index is 0.0660. The fourth-order valence-electron chi connectivity index (χ4n) is 2.22. The van der Waals surface area contributed by atoms with E-state index in [0.717, 1.165) is 0 Å². The number of hydrogen-bond acceptors (Lipinski definition) is 6. The van der Waals surface area contributed by atoms with E-state index in [1.807, 2.05) is 17.2 Å². The number of nitrogens with one attached hydrogen (secondary N) is 2. The molecule has 8 nitrogen and oxygen atoms in total. The molecule has 1 aliphatic rings. The van der Waals surface area contributed by atoms with Crippen molar-refractivity contribution in [1.82, 2.24) is 15.6 Å². The number of furan rings is 1. The molecule has 1 aromatic heterocycles. The van der Waals surface area contributed by atoms with E-state index in [-0.39, 0.29) is 17.7 Å². The quantitative estimate of drug-likeness (QED) is 0.373. The molecule has 1 atom stereocenters. The summed E-state index contributed by atoms with van der Waals surface area (Å²) in [5, 5.41) is 2.79. The fraction of sp³-hybridized carbons (Fsp3) is 0.538. The predicted molar refractivity (Wildman–Crippen MR) is 74.1 cm³/mol. The maximum absolute atomic E-state index is 12.0. The molecular formula is C13H20N4O4. The molecule has 0 aromatic carbocycles. The van der Waals surface area contributed by atoms with Gasteiger partial charge < -0.3 is 14.5 Å². The van der Waals surface area contributed by atoms with Crippen molar-refractivity contribution in [2.75, 3.05) is 26.3 Å². The summed E-state index contributed by atoms with van der Waals surface area (Å²) < 4.78 is 10.8. The molecule has 116 valence electrons. The number of rotatable bonds is 5. The Morgan fingerprint density at radius 2 is 2.29 bits per heavy atom. The lowest BCUT2D eigenvalue weighted by Gasteiger charge is -2.33. The van der Waals surface area contributed by atoms with Crippen LogP contribution in [0.15, 0.2) is 16.5 Å². The lowest BCUT2D eigenvalue weighted by Crippen LogP contribution is -2.53. The van der Waals surface area contributed by atoms with Crippen molar-refractivity contribution in [3.8, 4) is 0 Å². The Kier molecular flexibility index (Phi) is 5.32. The smallest absolute Gasteiger partial charge is 0.300 e. The standard InChI is InChI=1S/C13H20N4O4/c1-2-15-12(18)10-8-20-6-5-17(10)7-9-3-4-11(21-9)13(19)16-14/h3-4,10H,2,5-8,14H2,1H3,(H,15,18)(H,16,19). The first-order valence-corrected chi connectivity index (χ1v) is 6.84. The number of nitrogens with zero attached hydrogens (tertiary/aromatic N) is 1. The van der Waals surface area contributed by atoms with E-state index in [1.54, 1.807) is 12.1 Å². The lowest BCUT2D eigenvalue weighted by molar-refractivity contribution is -0.133.